The Morgan fingerprint density at radius 1 is 1.41 bits per heavy atom. The Labute approximate surface area is 171 Å². The quantitative estimate of drug-likeness (QED) is 0.384. The van der Waals surface area contributed by atoms with Gasteiger partial charge in [-0.05, 0) is 18.4 Å². The van der Waals surface area contributed by atoms with Crippen LogP contribution in [0.2, 0.25) is 0 Å². The number of hydrogen-bond acceptors (Lipinski definition) is 7. The van der Waals surface area contributed by atoms with Gasteiger partial charge in [0.25, 0.3) is 17.7 Å². The largest absolute Gasteiger partial charge is 0.351 e. The van der Waals surface area contributed by atoms with Gasteiger partial charge in [-0.1, -0.05) is 13.8 Å². The average molecular weight is 422 g/mol. The number of nitro groups is 1. The Bertz CT molecular complexity index is 923. The van der Waals surface area contributed by atoms with Crippen molar-refractivity contribution in [2.75, 3.05) is 12.3 Å². The zero-order valence-electron chi connectivity index (χ0n) is 16.5. The first kappa shape index (κ1) is 20.8. The number of carbonyl (C=O) groups is 3. The molecule has 1 aromatic heterocycles. The van der Waals surface area contributed by atoms with Gasteiger partial charge in [0.2, 0.25) is 5.69 Å². The van der Waals surface area contributed by atoms with Crippen LogP contribution in [0.1, 0.15) is 31.3 Å². The Morgan fingerprint density at radius 3 is 2.72 bits per heavy atom. The van der Waals surface area contributed by atoms with Crippen LogP contribution in [0.25, 0.3) is 0 Å². The molecule has 3 amide bonds. The van der Waals surface area contributed by atoms with Crippen LogP contribution >= 0.6 is 11.8 Å². The molecule has 0 spiro atoms. The molecule has 2 atom stereocenters. The van der Waals surface area contributed by atoms with Crippen molar-refractivity contribution in [1.82, 2.24) is 25.3 Å². The van der Waals surface area contributed by atoms with Crippen LogP contribution in [-0.2, 0) is 16.6 Å². The Morgan fingerprint density at radius 2 is 2.10 bits per heavy atom. The summed E-state index contributed by atoms with van der Waals surface area (Å²) in [6, 6.07) is -0.880. The number of amides is 3. The second-order valence-electron chi connectivity index (χ2n) is 7.39. The predicted octanol–water partition coefficient (Wildman–Crippen LogP) is 0.388. The van der Waals surface area contributed by atoms with Gasteiger partial charge in [0.05, 0.1) is 4.92 Å². The summed E-state index contributed by atoms with van der Waals surface area (Å²) in [5.41, 5.74) is 0.306. The van der Waals surface area contributed by atoms with Crippen LogP contribution < -0.4 is 10.6 Å². The highest BCUT2D eigenvalue weighted by molar-refractivity contribution is 8.00. The number of hydrogen-bond donors (Lipinski definition) is 2. The van der Waals surface area contributed by atoms with Gasteiger partial charge in [-0.3, -0.25) is 34.1 Å². The van der Waals surface area contributed by atoms with E-state index in [4.69, 9.17) is 0 Å². The van der Waals surface area contributed by atoms with Crippen molar-refractivity contribution < 1.29 is 19.3 Å². The lowest BCUT2D eigenvalue weighted by Crippen LogP contribution is -2.71. The van der Waals surface area contributed by atoms with Gasteiger partial charge in [-0.15, -0.1) is 11.8 Å². The number of rotatable bonds is 6. The second-order valence-corrected chi connectivity index (χ2v) is 8.49. The zero-order chi connectivity index (χ0) is 21.5. The number of aryl methyl sites for hydroxylation is 1. The second kappa shape index (κ2) is 7.85. The van der Waals surface area contributed by atoms with Gasteiger partial charge in [-0.2, -0.15) is 5.10 Å². The fraction of sp³-hybridized carbons (Fsp3) is 0.529. The summed E-state index contributed by atoms with van der Waals surface area (Å²) < 4.78 is 1.17. The molecule has 156 valence electrons. The van der Waals surface area contributed by atoms with E-state index in [-0.39, 0.29) is 17.5 Å². The van der Waals surface area contributed by atoms with Gasteiger partial charge < -0.3 is 10.6 Å². The SMILES string of the molecule is CC1=C(C(=O)NCC(C)C)N2C(=O)[C@@H](NC(=O)c3nn(C)cc3[N+](=O)[O-])[C@@H]2SC1. The van der Waals surface area contributed by atoms with Crippen LogP contribution in [0.5, 0.6) is 0 Å². The lowest BCUT2D eigenvalue weighted by molar-refractivity contribution is -0.385. The molecule has 0 unspecified atom stereocenters. The number of thioether (sulfide) groups is 1. The highest BCUT2D eigenvalue weighted by Gasteiger charge is 2.54. The molecule has 0 aliphatic carbocycles. The molecule has 0 saturated carbocycles. The number of nitrogens with one attached hydrogen (secondary N) is 2. The lowest BCUT2D eigenvalue weighted by atomic mass is 10.0. The molecule has 29 heavy (non-hydrogen) atoms. The molecular weight excluding hydrogens is 400 g/mol. The zero-order valence-corrected chi connectivity index (χ0v) is 17.3. The third-order valence-electron chi connectivity index (χ3n) is 4.55. The highest BCUT2D eigenvalue weighted by Crippen LogP contribution is 2.40. The van der Waals surface area contributed by atoms with Gasteiger partial charge in [0.1, 0.15) is 23.3 Å². The van der Waals surface area contributed by atoms with Gasteiger partial charge in [0.15, 0.2) is 0 Å². The van der Waals surface area contributed by atoms with E-state index >= 15 is 0 Å². The molecular formula is C17H22N6O5S. The topological polar surface area (TPSA) is 139 Å². The number of fused-ring (bicyclic) bond motifs is 1. The van der Waals surface area contributed by atoms with E-state index in [9.17, 15) is 24.5 Å². The summed E-state index contributed by atoms with van der Waals surface area (Å²) in [6.07, 6.45) is 1.13. The van der Waals surface area contributed by atoms with Crippen molar-refractivity contribution in [1.29, 1.82) is 0 Å². The molecule has 0 radical (unpaired) electrons. The minimum absolute atomic E-state index is 0.266. The standard InChI is InChI=1S/C17H22N6O5S/c1-8(2)5-18-15(25)13-9(3)7-29-17-12(16(26)22(13)17)19-14(24)11-10(23(27)28)6-21(4)20-11/h6,8,12,17H,5,7H2,1-4H3,(H,18,25)(H,19,24)/t12-,17+/m1/s1. The maximum Gasteiger partial charge on any atom is 0.320 e. The monoisotopic (exact) mass is 422 g/mol. The van der Waals surface area contributed by atoms with E-state index in [1.165, 1.54) is 28.4 Å². The molecule has 0 bridgehead atoms. The van der Waals surface area contributed by atoms with E-state index in [2.05, 4.69) is 15.7 Å². The molecule has 11 nitrogen and oxygen atoms in total. The first-order valence-corrected chi connectivity index (χ1v) is 10.1. The number of nitrogens with zero attached hydrogens (tertiary/aromatic N) is 4. The van der Waals surface area contributed by atoms with Crippen LogP contribution in [0.3, 0.4) is 0 Å². The van der Waals surface area contributed by atoms with E-state index in [1.54, 1.807) is 6.92 Å². The van der Waals surface area contributed by atoms with Gasteiger partial charge >= 0.3 is 5.69 Å². The van der Waals surface area contributed by atoms with Crippen LogP contribution in [0.4, 0.5) is 5.69 Å². The molecule has 1 saturated heterocycles. The fourth-order valence-electron chi connectivity index (χ4n) is 3.15. The van der Waals surface area contributed by atoms with Crippen LogP contribution in [0.15, 0.2) is 17.5 Å². The Hall–Kier alpha value is -2.89. The molecule has 3 rings (SSSR count). The minimum atomic E-state index is -0.880. The Kier molecular flexibility index (Phi) is 5.64. The molecule has 0 aromatic carbocycles. The maximum absolute atomic E-state index is 12.7. The molecule has 2 aliphatic rings. The summed E-state index contributed by atoms with van der Waals surface area (Å²) in [5.74, 6) is -0.743. The van der Waals surface area contributed by atoms with Gasteiger partial charge in [-0.25, -0.2) is 0 Å². The van der Waals surface area contributed by atoms with Crippen molar-refractivity contribution in [3.8, 4) is 0 Å². The summed E-state index contributed by atoms with van der Waals surface area (Å²) >= 11 is 1.42. The third-order valence-corrected chi connectivity index (χ3v) is 5.98. The van der Waals surface area contributed by atoms with E-state index in [0.717, 1.165) is 11.8 Å². The highest BCUT2D eigenvalue weighted by atomic mass is 32.2. The molecule has 2 N–H and O–H groups in total. The molecule has 12 heteroatoms. The van der Waals surface area contributed by atoms with Gasteiger partial charge in [0, 0.05) is 19.3 Å². The van der Waals surface area contributed by atoms with Crippen molar-refractivity contribution in [3.63, 3.8) is 0 Å². The molecule has 2 aliphatic heterocycles. The van der Waals surface area contributed by atoms with E-state index in [1.807, 2.05) is 13.8 Å². The van der Waals surface area contributed by atoms with E-state index < -0.39 is 33.8 Å². The lowest BCUT2D eigenvalue weighted by Gasteiger charge is -2.49. The summed E-state index contributed by atoms with van der Waals surface area (Å²) in [4.78, 5) is 49.6. The maximum atomic E-state index is 12.7. The van der Waals surface area contributed by atoms with E-state index in [0.29, 0.717) is 18.0 Å². The summed E-state index contributed by atoms with van der Waals surface area (Å²) in [5, 5.41) is 19.8. The van der Waals surface area contributed by atoms with Crippen LogP contribution in [-0.4, -0.2) is 61.0 Å². The number of carbonyl (C=O) groups excluding carboxylic acids is 3. The third kappa shape index (κ3) is 3.84. The normalized spacial score (nSPS) is 21.0. The van der Waals surface area contributed by atoms with Crippen LogP contribution in [0, 0.1) is 16.0 Å². The average Bonchev–Trinajstić information content (AvgIpc) is 3.06. The number of aromatic nitrogens is 2. The fourth-order valence-corrected chi connectivity index (χ4v) is 4.45. The first-order chi connectivity index (χ1) is 13.6. The Balaban J connectivity index is 1.75. The van der Waals surface area contributed by atoms with Crippen molar-refractivity contribution in [3.05, 3.63) is 33.3 Å². The predicted molar refractivity (Wildman–Crippen MR) is 105 cm³/mol. The molecule has 3 heterocycles. The van der Waals surface area contributed by atoms with Crippen molar-refractivity contribution in [2.45, 2.75) is 32.2 Å². The summed E-state index contributed by atoms with van der Waals surface area (Å²) in [6.45, 7) is 6.22. The first-order valence-electron chi connectivity index (χ1n) is 9.03. The molecule has 1 fully saturated rings. The summed E-state index contributed by atoms with van der Waals surface area (Å²) in [7, 11) is 1.46. The van der Waals surface area contributed by atoms with Crippen molar-refractivity contribution >= 4 is 35.2 Å². The van der Waals surface area contributed by atoms with Crippen molar-refractivity contribution in [2.24, 2.45) is 13.0 Å². The number of β-lactam (4-membered cyclic amide) rings is 1. The smallest absolute Gasteiger partial charge is 0.320 e. The molecule has 1 aromatic rings. The minimum Gasteiger partial charge on any atom is -0.351 e.